The molecule has 3 heteroatoms. The summed E-state index contributed by atoms with van der Waals surface area (Å²) in [5.41, 5.74) is 0.334. The highest BCUT2D eigenvalue weighted by atomic mass is 16.5. The van der Waals surface area contributed by atoms with Crippen LogP contribution >= 0.6 is 0 Å². The molecule has 2 aliphatic rings. The standard InChI is InChI=1S/C20H39NO2/c1-19(2,3)14-20(4,5)21-12-18(22)13-23-9-8-17-11-15-6-7-16(17)10-15/h15-18,21-22H,6-14H2,1-5H3/t15-,16-,17-,18+/m1/s1. The molecule has 4 atom stereocenters. The van der Waals surface area contributed by atoms with Crippen LogP contribution in [0.1, 0.15) is 73.1 Å². The van der Waals surface area contributed by atoms with Crippen molar-refractivity contribution in [2.75, 3.05) is 19.8 Å². The van der Waals surface area contributed by atoms with Gasteiger partial charge in [-0.1, -0.05) is 27.2 Å². The van der Waals surface area contributed by atoms with Crippen LogP contribution in [-0.4, -0.2) is 36.5 Å². The van der Waals surface area contributed by atoms with Crippen molar-refractivity contribution in [3.63, 3.8) is 0 Å². The SMILES string of the molecule is CC(C)(C)CC(C)(C)NC[C@H](O)COCC[C@@H]1C[C@@H]2CC[C@@H]1C2. The summed E-state index contributed by atoms with van der Waals surface area (Å²) in [4.78, 5) is 0. The summed E-state index contributed by atoms with van der Waals surface area (Å²) in [7, 11) is 0. The van der Waals surface area contributed by atoms with Crippen LogP contribution in [0.5, 0.6) is 0 Å². The molecule has 0 unspecified atom stereocenters. The number of rotatable bonds is 9. The van der Waals surface area contributed by atoms with E-state index in [-0.39, 0.29) is 5.54 Å². The zero-order valence-corrected chi connectivity index (χ0v) is 16.0. The molecular formula is C20H39NO2. The van der Waals surface area contributed by atoms with Crippen LogP contribution in [-0.2, 0) is 4.74 Å². The van der Waals surface area contributed by atoms with E-state index in [2.05, 4.69) is 39.9 Å². The van der Waals surface area contributed by atoms with Crippen molar-refractivity contribution in [3.05, 3.63) is 0 Å². The summed E-state index contributed by atoms with van der Waals surface area (Å²) >= 11 is 0. The smallest absolute Gasteiger partial charge is 0.0897 e. The van der Waals surface area contributed by atoms with E-state index in [4.69, 9.17) is 4.74 Å². The molecule has 0 radical (unpaired) electrons. The molecule has 2 N–H and O–H groups in total. The molecule has 0 aromatic rings. The Morgan fingerprint density at radius 3 is 2.43 bits per heavy atom. The van der Waals surface area contributed by atoms with Gasteiger partial charge in [-0.3, -0.25) is 0 Å². The first-order valence-electron chi connectivity index (χ1n) is 9.65. The molecule has 23 heavy (non-hydrogen) atoms. The highest BCUT2D eigenvalue weighted by Crippen LogP contribution is 2.49. The molecule has 2 rings (SSSR count). The van der Waals surface area contributed by atoms with Crippen LogP contribution in [0.3, 0.4) is 0 Å². The number of aliphatic hydroxyl groups is 1. The molecule has 0 heterocycles. The maximum absolute atomic E-state index is 10.1. The van der Waals surface area contributed by atoms with E-state index in [0.29, 0.717) is 18.6 Å². The number of β-amino-alcohol motifs (C(OH)–C–C–N with tert-alkyl or cyclic N) is 1. The summed E-state index contributed by atoms with van der Waals surface area (Å²) < 4.78 is 5.74. The molecule has 3 nitrogen and oxygen atoms in total. The highest BCUT2D eigenvalue weighted by Gasteiger charge is 2.38. The maximum Gasteiger partial charge on any atom is 0.0897 e. The first-order valence-corrected chi connectivity index (χ1v) is 9.65. The number of nitrogens with one attached hydrogen (secondary N) is 1. The topological polar surface area (TPSA) is 41.5 Å². The first-order chi connectivity index (χ1) is 10.6. The van der Waals surface area contributed by atoms with Gasteiger partial charge in [0.2, 0.25) is 0 Å². The van der Waals surface area contributed by atoms with E-state index in [1.165, 1.54) is 32.1 Å². The van der Waals surface area contributed by atoms with Crippen molar-refractivity contribution in [2.45, 2.75) is 84.8 Å². The van der Waals surface area contributed by atoms with Crippen LogP contribution in [0.25, 0.3) is 0 Å². The third kappa shape index (κ3) is 6.72. The van der Waals surface area contributed by atoms with Gasteiger partial charge in [0.15, 0.2) is 0 Å². The van der Waals surface area contributed by atoms with Crippen LogP contribution in [0.15, 0.2) is 0 Å². The Bertz CT molecular complexity index is 361. The van der Waals surface area contributed by atoms with Gasteiger partial charge < -0.3 is 15.2 Å². The summed E-state index contributed by atoms with van der Waals surface area (Å²) in [5.74, 6) is 2.90. The summed E-state index contributed by atoms with van der Waals surface area (Å²) in [6.07, 6.45) is 7.68. The molecule has 0 aliphatic heterocycles. The van der Waals surface area contributed by atoms with Crippen molar-refractivity contribution < 1.29 is 9.84 Å². The number of ether oxygens (including phenoxy) is 1. The van der Waals surface area contributed by atoms with E-state index in [1.54, 1.807) is 0 Å². The maximum atomic E-state index is 10.1. The molecule has 0 amide bonds. The number of aliphatic hydroxyl groups excluding tert-OH is 1. The molecule has 0 saturated heterocycles. The number of fused-ring (bicyclic) bond motifs is 2. The van der Waals surface area contributed by atoms with Gasteiger partial charge in [-0.05, 0) is 69.1 Å². The van der Waals surface area contributed by atoms with Crippen molar-refractivity contribution in [2.24, 2.45) is 23.2 Å². The molecule has 2 aliphatic carbocycles. The quantitative estimate of drug-likeness (QED) is 0.630. The third-order valence-electron chi connectivity index (χ3n) is 5.62. The van der Waals surface area contributed by atoms with E-state index in [0.717, 1.165) is 30.8 Å². The lowest BCUT2D eigenvalue weighted by molar-refractivity contribution is 0.0248. The molecule has 2 fully saturated rings. The van der Waals surface area contributed by atoms with Gasteiger partial charge in [-0.2, -0.15) is 0 Å². The van der Waals surface area contributed by atoms with E-state index in [9.17, 15) is 5.11 Å². The summed E-state index contributed by atoms with van der Waals surface area (Å²) in [5, 5.41) is 13.6. The minimum Gasteiger partial charge on any atom is -0.389 e. The molecule has 0 spiro atoms. The Balaban J connectivity index is 1.54. The van der Waals surface area contributed by atoms with Crippen molar-refractivity contribution >= 4 is 0 Å². The average molecular weight is 326 g/mol. The Labute approximate surface area is 143 Å². The molecule has 136 valence electrons. The summed E-state index contributed by atoms with van der Waals surface area (Å²) in [6, 6.07) is 0. The first kappa shape index (κ1) is 19.2. The van der Waals surface area contributed by atoms with Gasteiger partial charge in [0.05, 0.1) is 12.7 Å². The second-order valence-electron chi connectivity index (χ2n) is 9.95. The largest absolute Gasteiger partial charge is 0.389 e. The fraction of sp³-hybridized carbons (Fsp3) is 1.00. The average Bonchev–Trinajstić information content (AvgIpc) is 3.01. The van der Waals surface area contributed by atoms with Crippen molar-refractivity contribution in [1.82, 2.24) is 5.32 Å². The predicted octanol–water partition coefficient (Wildman–Crippen LogP) is 3.99. The van der Waals surface area contributed by atoms with Gasteiger partial charge in [0, 0.05) is 18.7 Å². The zero-order valence-electron chi connectivity index (χ0n) is 16.0. The molecule has 0 aromatic carbocycles. The highest BCUT2D eigenvalue weighted by molar-refractivity contribution is 4.89. The lowest BCUT2D eigenvalue weighted by Crippen LogP contribution is -2.46. The monoisotopic (exact) mass is 325 g/mol. The van der Waals surface area contributed by atoms with Crippen LogP contribution in [0, 0.1) is 23.2 Å². The minimum absolute atomic E-state index is 0.0440. The van der Waals surface area contributed by atoms with Gasteiger partial charge in [-0.15, -0.1) is 0 Å². The van der Waals surface area contributed by atoms with Crippen LogP contribution < -0.4 is 5.32 Å². The summed E-state index contributed by atoms with van der Waals surface area (Å²) in [6.45, 7) is 13.1. The van der Waals surface area contributed by atoms with Crippen LogP contribution in [0.2, 0.25) is 0 Å². The second-order valence-corrected chi connectivity index (χ2v) is 9.95. The number of hydrogen-bond acceptors (Lipinski definition) is 3. The van der Waals surface area contributed by atoms with Crippen molar-refractivity contribution in [1.29, 1.82) is 0 Å². The zero-order chi connectivity index (χ0) is 17.1. The Hall–Kier alpha value is -0.120. The lowest BCUT2D eigenvalue weighted by atomic mass is 9.82. The van der Waals surface area contributed by atoms with Gasteiger partial charge in [-0.25, -0.2) is 0 Å². The van der Waals surface area contributed by atoms with E-state index < -0.39 is 6.10 Å². The Kier molecular flexibility index (Phi) is 6.55. The minimum atomic E-state index is -0.408. The Morgan fingerprint density at radius 1 is 1.13 bits per heavy atom. The normalized spacial score (nSPS) is 29.2. The Morgan fingerprint density at radius 2 is 1.87 bits per heavy atom. The molecular weight excluding hydrogens is 286 g/mol. The third-order valence-corrected chi connectivity index (χ3v) is 5.62. The molecule has 2 saturated carbocycles. The molecule has 0 aromatic heterocycles. The van der Waals surface area contributed by atoms with Gasteiger partial charge in [0.1, 0.15) is 0 Å². The van der Waals surface area contributed by atoms with Crippen molar-refractivity contribution in [3.8, 4) is 0 Å². The second kappa shape index (κ2) is 7.84. The fourth-order valence-corrected chi connectivity index (χ4v) is 5.03. The predicted molar refractivity (Wildman–Crippen MR) is 96.5 cm³/mol. The van der Waals surface area contributed by atoms with Gasteiger partial charge >= 0.3 is 0 Å². The van der Waals surface area contributed by atoms with Crippen LogP contribution in [0.4, 0.5) is 0 Å². The van der Waals surface area contributed by atoms with E-state index >= 15 is 0 Å². The molecule has 2 bridgehead atoms. The van der Waals surface area contributed by atoms with E-state index in [1.807, 2.05) is 0 Å². The van der Waals surface area contributed by atoms with Gasteiger partial charge in [0.25, 0.3) is 0 Å². The lowest BCUT2D eigenvalue weighted by Gasteiger charge is -2.34. The number of hydrogen-bond donors (Lipinski definition) is 2. The fourth-order valence-electron chi connectivity index (χ4n) is 5.03.